The molecule has 0 bridgehead atoms. The highest BCUT2D eigenvalue weighted by Gasteiger charge is 2.18. The predicted octanol–water partition coefficient (Wildman–Crippen LogP) is 4.20. The van der Waals surface area contributed by atoms with Crippen LogP contribution in [-0.4, -0.2) is 35.6 Å². The molecule has 3 aromatic rings. The van der Waals surface area contributed by atoms with Crippen molar-refractivity contribution in [1.82, 2.24) is 9.47 Å². The van der Waals surface area contributed by atoms with Crippen molar-refractivity contribution in [2.24, 2.45) is 0 Å². The minimum atomic E-state index is 0.0586. The molecule has 0 spiro atoms. The SMILES string of the molecule is O=c1ccn(CN2CCN(c3cccc(Cl)c3)CC2)c2c(Br)cccc12. The maximum absolute atomic E-state index is 12.1. The Kier molecular flexibility index (Phi) is 5.02. The van der Waals surface area contributed by atoms with Gasteiger partial charge in [0.2, 0.25) is 0 Å². The maximum Gasteiger partial charge on any atom is 0.189 e. The first kappa shape index (κ1) is 17.6. The second kappa shape index (κ2) is 7.43. The number of hydrogen-bond acceptors (Lipinski definition) is 3. The fourth-order valence-electron chi connectivity index (χ4n) is 3.48. The van der Waals surface area contributed by atoms with Crippen LogP contribution in [0.5, 0.6) is 0 Å². The Morgan fingerprint density at radius 1 is 1.00 bits per heavy atom. The monoisotopic (exact) mass is 431 g/mol. The van der Waals surface area contributed by atoms with Gasteiger partial charge in [0.25, 0.3) is 0 Å². The quantitative estimate of drug-likeness (QED) is 0.621. The molecule has 2 aromatic carbocycles. The number of piperazine rings is 1. The van der Waals surface area contributed by atoms with Gasteiger partial charge < -0.3 is 9.47 Å². The first-order valence-corrected chi connectivity index (χ1v) is 9.79. The van der Waals surface area contributed by atoms with Crippen LogP contribution < -0.4 is 10.3 Å². The zero-order valence-corrected chi connectivity index (χ0v) is 16.6. The number of anilines is 1. The molecule has 0 aliphatic carbocycles. The Balaban J connectivity index is 1.51. The van der Waals surface area contributed by atoms with E-state index in [-0.39, 0.29) is 5.43 Å². The first-order chi connectivity index (χ1) is 12.6. The summed E-state index contributed by atoms with van der Waals surface area (Å²) in [5.41, 5.74) is 2.19. The van der Waals surface area contributed by atoms with E-state index in [1.54, 1.807) is 6.07 Å². The summed E-state index contributed by atoms with van der Waals surface area (Å²) in [6.07, 6.45) is 1.89. The van der Waals surface area contributed by atoms with Crippen LogP contribution in [0, 0.1) is 0 Å². The molecule has 0 radical (unpaired) electrons. The number of para-hydroxylation sites is 1. The lowest BCUT2D eigenvalue weighted by molar-refractivity contribution is 0.209. The molecule has 0 saturated carbocycles. The zero-order chi connectivity index (χ0) is 18.1. The molecule has 0 N–H and O–H groups in total. The molecule has 4 rings (SSSR count). The molecule has 2 heterocycles. The van der Waals surface area contributed by atoms with E-state index in [4.69, 9.17) is 11.6 Å². The minimum absolute atomic E-state index is 0.0586. The van der Waals surface area contributed by atoms with E-state index in [9.17, 15) is 4.79 Å². The fraction of sp³-hybridized carbons (Fsp3) is 0.250. The van der Waals surface area contributed by atoms with Crippen molar-refractivity contribution in [3.63, 3.8) is 0 Å². The topological polar surface area (TPSA) is 28.5 Å². The van der Waals surface area contributed by atoms with Crippen molar-refractivity contribution in [3.8, 4) is 0 Å². The Bertz CT molecular complexity index is 996. The van der Waals surface area contributed by atoms with Gasteiger partial charge in [-0.1, -0.05) is 23.7 Å². The van der Waals surface area contributed by atoms with Crippen molar-refractivity contribution in [1.29, 1.82) is 0 Å². The number of nitrogens with zero attached hydrogens (tertiary/aromatic N) is 3. The predicted molar refractivity (Wildman–Crippen MR) is 111 cm³/mol. The van der Waals surface area contributed by atoms with Gasteiger partial charge in [-0.15, -0.1) is 0 Å². The number of benzene rings is 2. The number of hydrogen-bond donors (Lipinski definition) is 0. The lowest BCUT2D eigenvalue weighted by Crippen LogP contribution is -2.46. The Morgan fingerprint density at radius 2 is 1.77 bits per heavy atom. The van der Waals surface area contributed by atoms with E-state index in [1.807, 2.05) is 42.6 Å². The molecule has 4 nitrogen and oxygen atoms in total. The third-order valence-electron chi connectivity index (χ3n) is 4.84. The van der Waals surface area contributed by atoms with E-state index >= 15 is 0 Å². The normalized spacial score (nSPS) is 15.5. The van der Waals surface area contributed by atoms with Gasteiger partial charge in [0.15, 0.2) is 5.43 Å². The molecule has 26 heavy (non-hydrogen) atoms. The van der Waals surface area contributed by atoms with E-state index in [1.165, 1.54) is 5.69 Å². The molecule has 134 valence electrons. The molecule has 1 aliphatic rings. The van der Waals surface area contributed by atoms with Gasteiger partial charge in [-0.3, -0.25) is 9.69 Å². The molecule has 1 saturated heterocycles. The lowest BCUT2D eigenvalue weighted by Gasteiger charge is -2.36. The third kappa shape index (κ3) is 3.52. The maximum atomic E-state index is 12.1. The molecule has 6 heteroatoms. The number of halogens is 2. The number of fused-ring (bicyclic) bond motifs is 1. The first-order valence-electron chi connectivity index (χ1n) is 8.62. The van der Waals surface area contributed by atoms with Gasteiger partial charge in [0.1, 0.15) is 0 Å². The summed E-state index contributed by atoms with van der Waals surface area (Å²) in [7, 11) is 0. The standard InChI is InChI=1S/C20H19BrClN3O/c21-18-6-2-5-17-19(26)7-8-25(20(17)18)14-23-9-11-24(12-10-23)16-4-1-3-15(22)13-16/h1-8,13H,9-12,14H2. The van der Waals surface area contributed by atoms with Crippen molar-refractivity contribution >= 4 is 44.1 Å². The number of rotatable bonds is 3. The molecule has 0 amide bonds. The third-order valence-corrected chi connectivity index (χ3v) is 5.72. The van der Waals surface area contributed by atoms with Gasteiger partial charge in [0, 0.05) is 59.0 Å². The summed E-state index contributed by atoms with van der Waals surface area (Å²) in [5.74, 6) is 0. The van der Waals surface area contributed by atoms with Crippen LogP contribution in [0.4, 0.5) is 5.69 Å². The molecule has 1 aromatic heterocycles. The molecular formula is C20H19BrClN3O. The van der Waals surface area contributed by atoms with E-state index in [2.05, 4.69) is 36.4 Å². The van der Waals surface area contributed by atoms with Gasteiger partial charge in [-0.05, 0) is 46.3 Å². The van der Waals surface area contributed by atoms with Crippen molar-refractivity contribution in [3.05, 3.63) is 74.4 Å². The molecular weight excluding hydrogens is 414 g/mol. The van der Waals surface area contributed by atoms with Crippen LogP contribution >= 0.6 is 27.5 Å². The van der Waals surface area contributed by atoms with Crippen molar-refractivity contribution in [2.75, 3.05) is 31.1 Å². The van der Waals surface area contributed by atoms with E-state index < -0.39 is 0 Å². The second-order valence-electron chi connectivity index (χ2n) is 6.51. The number of aromatic nitrogens is 1. The van der Waals surface area contributed by atoms with E-state index in [0.29, 0.717) is 0 Å². The van der Waals surface area contributed by atoms with Crippen LogP contribution in [0.1, 0.15) is 0 Å². The second-order valence-corrected chi connectivity index (χ2v) is 7.80. The van der Waals surface area contributed by atoms with Crippen molar-refractivity contribution < 1.29 is 0 Å². The fourth-order valence-corrected chi connectivity index (χ4v) is 4.26. The van der Waals surface area contributed by atoms with Crippen LogP contribution in [-0.2, 0) is 6.67 Å². The van der Waals surface area contributed by atoms with Crippen LogP contribution in [0.3, 0.4) is 0 Å². The van der Waals surface area contributed by atoms with Gasteiger partial charge in [-0.2, -0.15) is 0 Å². The smallest absolute Gasteiger partial charge is 0.189 e. The van der Waals surface area contributed by atoms with Crippen LogP contribution in [0.2, 0.25) is 5.02 Å². The molecule has 0 unspecified atom stereocenters. The molecule has 1 fully saturated rings. The summed E-state index contributed by atoms with van der Waals surface area (Å²) >= 11 is 9.71. The largest absolute Gasteiger partial charge is 0.369 e. The zero-order valence-electron chi connectivity index (χ0n) is 14.2. The van der Waals surface area contributed by atoms with Crippen LogP contribution in [0.25, 0.3) is 10.9 Å². The van der Waals surface area contributed by atoms with Crippen LogP contribution in [0.15, 0.2) is 64.0 Å². The van der Waals surface area contributed by atoms with Gasteiger partial charge in [-0.25, -0.2) is 0 Å². The summed E-state index contributed by atoms with van der Waals surface area (Å²) in [4.78, 5) is 16.9. The number of pyridine rings is 1. The highest BCUT2D eigenvalue weighted by molar-refractivity contribution is 9.10. The average molecular weight is 433 g/mol. The highest BCUT2D eigenvalue weighted by Crippen LogP contribution is 2.23. The Labute approximate surface area is 165 Å². The summed E-state index contributed by atoms with van der Waals surface area (Å²) in [5, 5.41) is 1.52. The molecule has 0 atom stereocenters. The average Bonchev–Trinajstić information content (AvgIpc) is 2.65. The lowest BCUT2D eigenvalue weighted by atomic mass is 10.2. The molecule has 1 aliphatic heterocycles. The summed E-state index contributed by atoms with van der Waals surface area (Å²) < 4.78 is 3.10. The van der Waals surface area contributed by atoms with E-state index in [0.717, 1.165) is 53.2 Å². The minimum Gasteiger partial charge on any atom is -0.369 e. The highest BCUT2D eigenvalue weighted by atomic mass is 79.9. The van der Waals surface area contributed by atoms with Gasteiger partial charge >= 0.3 is 0 Å². The summed E-state index contributed by atoms with van der Waals surface area (Å²) in [6, 6.07) is 15.4. The van der Waals surface area contributed by atoms with Crippen molar-refractivity contribution in [2.45, 2.75) is 6.67 Å². The Hall–Kier alpha value is -1.82. The van der Waals surface area contributed by atoms with Gasteiger partial charge in [0.05, 0.1) is 12.2 Å². The Morgan fingerprint density at radius 3 is 2.54 bits per heavy atom. The summed E-state index contributed by atoms with van der Waals surface area (Å²) in [6.45, 7) is 4.61.